The first kappa shape index (κ1) is 75.3. The smallest absolute Gasteiger partial charge is 0.393 e. The van der Waals surface area contributed by atoms with Crippen molar-refractivity contribution < 1.29 is 180 Å². The van der Waals surface area contributed by atoms with Gasteiger partial charge in [-0.25, -0.2) is 0 Å². The fraction of sp³-hybridized carbons (Fsp3) is 0.949. The average molecular weight is 1280 g/mol. The number of aliphatic hydroxyl groups excluding tert-OH is 1. The number of rotatable bonds is 9. The highest BCUT2D eigenvalue weighted by Gasteiger charge is 2.78. The highest BCUT2D eigenvalue weighted by atomic mass is 32.2. The molecule has 0 heterocycles. The Bertz CT molecular complexity index is 2120. The topological polar surface area (TPSA) is 185 Å². The van der Waals surface area contributed by atoms with Crippen LogP contribution in [0.5, 0.6) is 0 Å². The Balaban J connectivity index is 0.000000606. The second-order valence-corrected chi connectivity index (χ2v) is 21.4. The zero-order chi connectivity index (χ0) is 64.5. The molecule has 3 aliphatic carbocycles. The molecule has 41 heteroatoms. The summed E-state index contributed by atoms with van der Waals surface area (Å²) in [5, 5.41) is 66.5. The van der Waals surface area contributed by atoms with Crippen LogP contribution in [0.15, 0.2) is 12.7 Å². The van der Waals surface area contributed by atoms with Gasteiger partial charge >= 0.3 is 71.2 Å². The predicted molar refractivity (Wildman–Crippen MR) is 203 cm³/mol. The maximum Gasteiger partial charge on any atom is 0.523 e. The van der Waals surface area contributed by atoms with E-state index in [-0.39, 0.29) is 13.8 Å². The molecule has 0 saturated heterocycles. The minimum Gasteiger partial charge on any atom is -0.393 e. The number of aliphatic hydroxyl groups is 7. The molecule has 12 unspecified atom stereocenters. The lowest BCUT2D eigenvalue weighted by Gasteiger charge is -2.47. The standard InChI is InChI=1S/C14H17F9O2.C13H14F12O5S.C12H15F9O3/c1-3-7-4-8(10(2,24)12(15,16)17)6-9(5-7)11(25,13(18,19)20)14(21,22)23;1-8(26,10(14,15)16)5-2-6(9(27,11(17,18)19)12(20,21)22)4-7(3-5)30-31(28,29)13(23,24)25;1-8(23,10(13,14)15)5-2-6(4-7(22)3-5)9(24,11(16,17)18)12(19,20)21/h3,7-9,24-25H,1,4-6H2,2H3;5-7,26-27H,2-4H2,1H3;5-7,22-24H,2-4H2,1H3. The number of hydrogen-bond donors (Lipinski definition) is 7. The molecule has 3 aliphatic rings. The molecular weight excluding hydrogens is 1230 g/mol. The molecule has 0 amide bonds. The molecule has 0 radical (unpaired) electrons. The fourth-order valence-electron chi connectivity index (χ4n) is 9.39. The lowest BCUT2D eigenvalue weighted by Crippen LogP contribution is -2.64. The van der Waals surface area contributed by atoms with Gasteiger partial charge in [0, 0.05) is 17.8 Å². The van der Waals surface area contributed by atoms with Crippen LogP contribution in [0.1, 0.15) is 78.6 Å². The Kier molecular flexibility index (Phi) is 21.6. The minimum absolute atomic E-state index is 0.0738. The number of allylic oxidation sites excluding steroid dienone is 1. The zero-order valence-corrected chi connectivity index (χ0v) is 40.8. The second-order valence-electron chi connectivity index (χ2n) is 19.8. The molecule has 12 atom stereocenters. The largest absolute Gasteiger partial charge is 0.523 e. The summed E-state index contributed by atoms with van der Waals surface area (Å²) in [4.78, 5) is 0. The van der Waals surface area contributed by atoms with E-state index in [4.69, 9.17) is 0 Å². The van der Waals surface area contributed by atoms with Gasteiger partial charge in [0.2, 0.25) is 0 Å². The summed E-state index contributed by atoms with van der Waals surface area (Å²) >= 11 is 0. The van der Waals surface area contributed by atoms with Crippen molar-refractivity contribution >= 4 is 10.1 Å². The fourth-order valence-corrected chi connectivity index (χ4v) is 10.0. The lowest BCUT2D eigenvalue weighted by molar-refractivity contribution is -0.392. The maximum atomic E-state index is 13.1. The molecule has 0 aromatic heterocycles. The van der Waals surface area contributed by atoms with E-state index in [0.717, 1.165) is 6.08 Å². The predicted octanol–water partition coefficient (Wildman–Crippen LogP) is 11.1. The molecule has 3 fully saturated rings. The van der Waals surface area contributed by atoms with Gasteiger partial charge in [-0.1, -0.05) is 6.08 Å². The maximum absolute atomic E-state index is 13.1. The van der Waals surface area contributed by atoms with E-state index in [2.05, 4.69) is 10.8 Å². The molecule has 10 nitrogen and oxygen atoms in total. The van der Waals surface area contributed by atoms with E-state index in [9.17, 15) is 176 Å². The van der Waals surface area contributed by atoms with Gasteiger partial charge in [0.25, 0.3) is 16.8 Å². The van der Waals surface area contributed by atoms with Crippen molar-refractivity contribution in [3.8, 4) is 0 Å². The molecule has 0 aromatic carbocycles. The number of halogens is 30. The highest BCUT2D eigenvalue weighted by molar-refractivity contribution is 7.87. The van der Waals surface area contributed by atoms with Crippen LogP contribution >= 0.6 is 0 Å². The molecule has 7 N–H and O–H groups in total. The Morgan fingerprint density at radius 3 is 0.825 bits per heavy atom. The van der Waals surface area contributed by atoms with Crippen LogP contribution in [0.3, 0.4) is 0 Å². The van der Waals surface area contributed by atoms with Gasteiger partial charge < -0.3 is 35.7 Å². The van der Waals surface area contributed by atoms with E-state index in [0.29, 0.717) is 6.92 Å². The summed E-state index contributed by atoms with van der Waals surface area (Å²) in [6.45, 7) is 3.62. The first-order valence-corrected chi connectivity index (χ1v) is 23.2. The summed E-state index contributed by atoms with van der Waals surface area (Å²) in [6, 6.07) is 0. The van der Waals surface area contributed by atoms with Gasteiger partial charge in [-0.2, -0.15) is 140 Å². The first-order valence-electron chi connectivity index (χ1n) is 21.8. The minimum atomic E-state index is -6.65. The van der Waals surface area contributed by atoms with Crippen molar-refractivity contribution in [3.63, 3.8) is 0 Å². The van der Waals surface area contributed by atoms with Crippen LogP contribution < -0.4 is 0 Å². The molecule has 0 spiro atoms. The van der Waals surface area contributed by atoms with E-state index < -0.39 is 216 Å². The Morgan fingerprint density at radius 2 is 0.575 bits per heavy atom. The quantitative estimate of drug-likeness (QED) is 0.0507. The van der Waals surface area contributed by atoms with E-state index in [1.54, 1.807) is 0 Å². The molecule has 478 valence electrons. The molecule has 0 aliphatic heterocycles. The number of hydrogen-bond acceptors (Lipinski definition) is 10. The van der Waals surface area contributed by atoms with Crippen molar-refractivity contribution in [2.75, 3.05) is 0 Å². The van der Waals surface area contributed by atoms with Gasteiger partial charge in [-0.15, -0.1) is 6.58 Å². The number of alkyl halides is 30. The monoisotopic (exact) mass is 1280 g/mol. The highest BCUT2D eigenvalue weighted by Crippen LogP contribution is 2.59. The van der Waals surface area contributed by atoms with Gasteiger partial charge in [-0.05, 0) is 102 Å². The zero-order valence-electron chi connectivity index (χ0n) is 39.9. The average Bonchev–Trinajstić information content (AvgIpc) is 3.21. The van der Waals surface area contributed by atoms with Crippen molar-refractivity contribution in [3.05, 3.63) is 12.7 Å². The van der Waals surface area contributed by atoms with Gasteiger partial charge in [0.05, 0.1) is 12.2 Å². The summed E-state index contributed by atoms with van der Waals surface area (Å²) in [5.41, 5.74) is -33.6. The molecule has 0 aromatic rings. The van der Waals surface area contributed by atoms with Crippen LogP contribution in [0.4, 0.5) is 132 Å². The van der Waals surface area contributed by atoms with E-state index in [1.807, 2.05) is 0 Å². The van der Waals surface area contributed by atoms with Crippen LogP contribution in [-0.4, -0.2) is 151 Å². The third kappa shape index (κ3) is 15.0. The Morgan fingerprint density at radius 1 is 0.362 bits per heavy atom. The summed E-state index contributed by atoms with van der Waals surface area (Å²) in [7, 11) is -6.65. The SMILES string of the molecule is C=CC1CC(C(C)(O)C(F)(F)F)CC(C(O)(C(F)(F)F)C(F)(F)F)C1.CC(O)(C1CC(O)CC(C(O)(C(F)(F)F)C(F)(F)F)C1)C(F)(F)F.CC(O)(C1CC(OS(=O)(=O)C(F)(F)F)CC(C(O)(C(F)(F)F)C(F)(F)F)C1)C(F)(F)F. The summed E-state index contributed by atoms with van der Waals surface area (Å²) in [6.07, 6.45) is -69.4. The molecule has 3 saturated carbocycles. The van der Waals surface area contributed by atoms with Crippen LogP contribution in [0, 0.1) is 41.4 Å². The Hall–Kier alpha value is -2.73. The van der Waals surface area contributed by atoms with E-state index in [1.165, 1.54) is 0 Å². The van der Waals surface area contributed by atoms with Gasteiger partial charge in [-0.3, -0.25) is 4.18 Å². The van der Waals surface area contributed by atoms with Crippen molar-refractivity contribution in [2.24, 2.45) is 41.4 Å². The van der Waals surface area contributed by atoms with Gasteiger partial charge in [0.15, 0.2) is 16.8 Å². The normalized spacial score (nSPS) is 28.7. The molecule has 0 bridgehead atoms. The van der Waals surface area contributed by atoms with Crippen molar-refractivity contribution in [2.45, 2.75) is 185 Å². The van der Waals surface area contributed by atoms with Crippen LogP contribution in [0.25, 0.3) is 0 Å². The lowest BCUT2D eigenvalue weighted by atomic mass is 9.64. The third-order valence-electron chi connectivity index (χ3n) is 14.4. The third-order valence-corrected chi connectivity index (χ3v) is 15.5. The molecule has 80 heavy (non-hydrogen) atoms. The molecule has 3 rings (SSSR count). The molecular formula is C39H46F30O10S. The van der Waals surface area contributed by atoms with Crippen molar-refractivity contribution in [1.29, 1.82) is 0 Å². The van der Waals surface area contributed by atoms with Crippen molar-refractivity contribution in [1.82, 2.24) is 0 Å². The summed E-state index contributed by atoms with van der Waals surface area (Å²) < 4.78 is 413. The van der Waals surface area contributed by atoms with Gasteiger partial charge in [0.1, 0.15) is 0 Å². The second kappa shape index (κ2) is 22.9. The van der Waals surface area contributed by atoms with Crippen LogP contribution in [0.2, 0.25) is 0 Å². The van der Waals surface area contributed by atoms with E-state index >= 15 is 0 Å². The Labute approximate surface area is 429 Å². The first-order chi connectivity index (χ1) is 34.5. The van der Waals surface area contributed by atoms with Crippen LogP contribution in [-0.2, 0) is 14.3 Å². The summed E-state index contributed by atoms with van der Waals surface area (Å²) in [5.74, 6) is -16.7.